The van der Waals surface area contributed by atoms with E-state index in [0.29, 0.717) is 0 Å². The number of thiophene rings is 1. The van der Waals surface area contributed by atoms with Crippen molar-refractivity contribution in [2.45, 2.75) is 20.3 Å². The second kappa shape index (κ2) is 5.82. The van der Waals surface area contributed by atoms with Gasteiger partial charge in [-0.05, 0) is 48.2 Å². The van der Waals surface area contributed by atoms with E-state index in [-0.39, 0.29) is 5.82 Å². The lowest BCUT2D eigenvalue weighted by atomic mass is 10.1. The Morgan fingerprint density at radius 3 is 2.10 bits per heavy atom. The highest BCUT2D eigenvalue weighted by Crippen LogP contribution is 2.35. The highest BCUT2D eigenvalue weighted by Gasteiger charge is 2.07. The van der Waals surface area contributed by atoms with Crippen LogP contribution in [0.2, 0.25) is 0 Å². The van der Waals surface area contributed by atoms with Gasteiger partial charge in [-0.3, -0.25) is 0 Å². The average Bonchev–Trinajstić information content (AvgIpc) is 2.98. The van der Waals surface area contributed by atoms with Crippen molar-refractivity contribution >= 4 is 11.3 Å². The van der Waals surface area contributed by atoms with Crippen molar-refractivity contribution in [3.63, 3.8) is 0 Å². The van der Waals surface area contributed by atoms with Crippen molar-refractivity contribution in [3.05, 3.63) is 71.5 Å². The van der Waals surface area contributed by atoms with Crippen LogP contribution in [-0.2, 0) is 6.42 Å². The van der Waals surface area contributed by atoms with E-state index >= 15 is 0 Å². The third kappa shape index (κ3) is 2.91. The van der Waals surface area contributed by atoms with Crippen LogP contribution in [0.25, 0.3) is 20.9 Å². The van der Waals surface area contributed by atoms with E-state index in [1.807, 2.05) is 19.1 Å². The fourth-order valence-electron chi connectivity index (χ4n) is 2.35. The number of halogens is 1. The Kier molecular flexibility index (Phi) is 3.89. The van der Waals surface area contributed by atoms with Gasteiger partial charge in [0, 0.05) is 9.75 Å². The molecule has 0 fully saturated rings. The summed E-state index contributed by atoms with van der Waals surface area (Å²) in [4.78, 5) is 2.32. The van der Waals surface area contributed by atoms with Crippen LogP contribution >= 0.6 is 11.3 Å². The summed E-state index contributed by atoms with van der Waals surface area (Å²) in [6.07, 6.45) is 0.727. The Morgan fingerprint density at radius 2 is 1.48 bits per heavy atom. The van der Waals surface area contributed by atoms with Gasteiger partial charge < -0.3 is 0 Å². The summed E-state index contributed by atoms with van der Waals surface area (Å²) in [6, 6.07) is 18.2. The lowest BCUT2D eigenvalue weighted by Crippen LogP contribution is -1.87. The molecule has 0 unspecified atom stereocenters. The molecule has 0 aliphatic rings. The van der Waals surface area contributed by atoms with E-state index in [0.717, 1.165) is 22.4 Å². The Balaban J connectivity index is 1.94. The maximum atomic E-state index is 13.9. The van der Waals surface area contributed by atoms with Crippen molar-refractivity contribution in [1.82, 2.24) is 0 Å². The zero-order valence-corrected chi connectivity index (χ0v) is 13.0. The minimum Gasteiger partial charge on any atom is -0.207 e. The average molecular weight is 296 g/mol. The van der Waals surface area contributed by atoms with Crippen molar-refractivity contribution < 1.29 is 4.39 Å². The molecular weight excluding hydrogens is 279 g/mol. The van der Waals surface area contributed by atoms with Gasteiger partial charge in [0.1, 0.15) is 5.82 Å². The number of hydrogen-bond donors (Lipinski definition) is 0. The number of benzene rings is 2. The smallest absolute Gasteiger partial charge is 0.127 e. The molecule has 1 aromatic heterocycles. The molecule has 2 aromatic carbocycles. The van der Waals surface area contributed by atoms with E-state index in [9.17, 15) is 4.39 Å². The summed E-state index contributed by atoms with van der Waals surface area (Å²) < 4.78 is 13.9. The Morgan fingerprint density at radius 1 is 0.857 bits per heavy atom. The molecule has 0 N–H and O–H groups in total. The van der Waals surface area contributed by atoms with Crippen molar-refractivity contribution in [1.29, 1.82) is 0 Å². The normalized spacial score (nSPS) is 10.8. The first-order valence-corrected chi connectivity index (χ1v) is 7.94. The van der Waals surface area contributed by atoms with Crippen LogP contribution < -0.4 is 0 Å². The fourth-order valence-corrected chi connectivity index (χ4v) is 3.36. The van der Waals surface area contributed by atoms with Crippen LogP contribution in [0.15, 0.2) is 54.6 Å². The summed E-state index contributed by atoms with van der Waals surface area (Å²) in [5.41, 5.74) is 4.19. The molecule has 0 radical (unpaired) electrons. The van der Waals surface area contributed by atoms with E-state index < -0.39 is 0 Å². The number of hydrogen-bond acceptors (Lipinski definition) is 1. The second-order valence-electron chi connectivity index (χ2n) is 5.19. The standard InChI is InChI=1S/C19H17FS/c1-3-14-8-9-16(12-17(14)20)19-11-10-18(21-19)15-6-4-13(2)5-7-15/h4-12H,3H2,1-2H3. The third-order valence-electron chi connectivity index (χ3n) is 3.66. The lowest BCUT2D eigenvalue weighted by molar-refractivity contribution is 0.613. The van der Waals surface area contributed by atoms with Gasteiger partial charge in [0.2, 0.25) is 0 Å². The summed E-state index contributed by atoms with van der Waals surface area (Å²) in [5, 5.41) is 0. The van der Waals surface area contributed by atoms with Gasteiger partial charge in [0.15, 0.2) is 0 Å². The van der Waals surface area contributed by atoms with Crippen LogP contribution in [0.1, 0.15) is 18.1 Å². The van der Waals surface area contributed by atoms with Crippen molar-refractivity contribution in [2.24, 2.45) is 0 Å². The first-order chi connectivity index (χ1) is 10.2. The monoisotopic (exact) mass is 296 g/mol. The predicted molar refractivity (Wildman–Crippen MR) is 89.3 cm³/mol. The molecule has 21 heavy (non-hydrogen) atoms. The molecule has 0 spiro atoms. The summed E-state index contributed by atoms with van der Waals surface area (Å²) in [6.45, 7) is 4.06. The molecule has 3 rings (SSSR count). The molecule has 1 heterocycles. The summed E-state index contributed by atoms with van der Waals surface area (Å²) >= 11 is 1.70. The van der Waals surface area contributed by atoms with E-state index in [1.54, 1.807) is 17.4 Å². The molecule has 0 nitrogen and oxygen atoms in total. The SMILES string of the molecule is CCc1ccc(-c2ccc(-c3ccc(C)cc3)s2)cc1F. The zero-order valence-electron chi connectivity index (χ0n) is 12.2. The predicted octanol–water partition coefficient (Wildman–Crippen LogP) is 6.09. The summed E-state index contributed by atoms with van der Waals surface area (Å²) in [7, 11) is 0. The minimum absolute atomic E-state index is 0.111. The Bertz CT molecular complexity index is 753. The number of rotatable bonds is 3. The van der Waals surface area contributed by atoms with Gasteiger partial charge in [-0.15, -0.1) is 11.3 Å². The molecule has 0 bridgehead atoms. The Hall–Kier alpha value is -1.93. The van der Waals surface area contributed by atoms with Crippen molar-refractivity contribution in [3.8, 4) is 20.9 Å². The molecule has 0 saturated heterocycles. The highest BCUT2D eigenvalue weighted by atomic mass is 32.1. The molecule has 0 amide bonds. The van der Waals surface area contributed by atoms with E-state index in [2.05, 4.69) is 43.3 Å². The van der Waals surface area contributed by atoms with Crippen LogP contribution in [0.5, 0.6) is 0 Å². The number of aryl methyl sites for hydroxylation is 2. The van der Waals surface area contributed by atoms with E-state index in [4.69, 9.17) is 0 Å². The maximum Gasteiger partial charge on any atom is 0.127 e. The first kappa shape index (κ1) is 14.0. The largest absolute Gasteiger partial charge is 0.207 e. The van der Waals surface area contributed by atoms with Gasteiger partial charge in [0.05, 0.1) is 0 Å². The molecule has 2 heteroatoms. The highest BCUT2D eigenvalue weighted by molar-refractivity contribution is 7.18. The third-order valence-corrected chi connectivity index (χ3v) is 4.84. The van der Waals surface area contributed by atoms with Gasteiger partial charge in [0.25, 0.3) is 0 Å². The van der Waals surface area contributed by atoms with Gasteiger partial charge in [-0.2, -0.15) is 0 Å². The minimum atomic E-state index is -0.111. The van der Waals surface area contributed by atoms with Crippen LogP contribution in [-0.4, -0.2) is 0 Å². The molecule has 106 valence electrons. The molecule has 0 saturated carbocycles. The van der Waals surface area contributed by atoms with Crippen LogP contribution in [0, 0.1) is 12.7 Å². The molecular formula is C19H17FS. The zero-order chi connectivity index (χ0) is 14.8. The van der Waals surface area contributed by atoms with Crippen LogP contribution in [0.3, 0.4) is 0 Å². The van der Waals surface area contributed by atoms with E-state index in [1.165, 1.54) is 16.0 Å². The topological polar surface area (TPSA) is 0 Å². The van der Waals surface area contributed by atoms with Crippen molar-refractivity contribution in [2.75, 3.05) is 0 Å². The van der Waals surface area contributed by atoms with Gasteiger partial charge in [-0.25, -0.2) is 4.39 Å². The first-order valence-electron chi connectivity index (χ1n) is 7.13. The second-order valence-corrected chi connectivity index (χ2v) is 6.27. The molecule has 0 aliphatic carbocycles. The lowest BCUT2D eigenvalue weighted by Gasteiger charge is -2.02. The molecule has 0 aliphatic heterocycles. The maximum absolute atomic E-state index is 13.9. The fraction of sp³-hybridized carbons (Fsp3) is 0.158. The summed E-state index contributed by atoms with van der Waals surface area (Å²) in [5.74, 6) is -0.111. The van der Waals surface area contributed by atoms with Gasteiger partial charge in [-0.1, -0.05) is 48.9 Å². The van der Waals surface area contributed by atoms with Gasteiger partial charge >= 0.3 is 0 Å². The molecule has 3 aromatic rings. The quantitative estimate of drug-likeness (QED) is 0.548. The van der Waals surface area contributed by atoms with Crippen LogP contribution in [0.4, 0.5) is 4.39 Å². The molecule has 0 atom stereocenters. The Labute approximate surface area is 128 Å².